The third-order valence-corrected chi connectivity index (χ3v) is 3.27. The van der Waals surface area contributed by atoms with Gasteiger partial charge in [0.05, 0.1) is 18.2 Å². The number of benzene rings is 2. The first-order chi connectivity index (χ1) is 12.0. The molecule has 2 rings (SSSR count). The predicted molar refractivity (Wildman–Crippen MR) is 88.7 cm³/mol. The van der Waals surface area contributed by atoms with Crippen LogP contribution >= 0.6 is 0 Å². The summed E-state index contributed by atoms with van der Waals surface area (Å²) in [7, 11) is 1.45. The van der Waals surface area contributed by atoms with Crippen molar-refractivity contribution in [2.45, 2.75) is 0 Å². The number of methoxy groups -OCH3 is 1. The highest BCUT2D eigenvalue weighted by atomic mass is 16.6. The minimum absolute atomic E-state index is 0.153. The molecule has 1 amide bonds. The average molecular weight is 343 g/mol. The van der Waals surface area contributed by atoms with E-state index in [0.717, 1.165) is 0 Å². The van der Waals surface area contributed by atoms with Gasteiger partial charge < -0.3 is 19.9 Å². The summed E-state index contributed by atoms with van der Waals surface area (Å²) in [4.78, 5) is 35.1. The van der Waals surface area contributed by atoms with Crippen molar-refractivity contribution in [1.82, 2.24) is 0 Å². The highest BCUT2D eigenvalue weighted by molar-refractivity contribution is 6.00. The zero-order valence-corrected chi connectivity index (χ0v) is 13.6. The van der Waals surface area contributed by atoms with Crippen LogP contribution in [-0.4, -0.2) is 38.0 Å². The van der Waals surface area contributed by atoms with E-state index in [-0.39, 0.29) is 11.3 Å². The van der Waals surface area contributed by atoms with Gasteiger partial charge in [0, 0.05) is 0 Å². The molecule has 7 heteroatoms. The molecule has 130 valence electrons. The minimum Gasteiger partial charge on any atom is -0.496 e. The van der Waals surface area contributed by atoms with Gasteiger partial charge in [-0.3, -0.25) is 9.59 Å². The van der Waals surface area contributed by atoms with E-state index in [9.17, 15) is 14.4 Å². The zero-order chi connectivity index (χ0) is 18.2. The molecule has 0 unspecified atom stereocenters. The smallest absolute Gasteiger partial charge is 0.344 e. The number of para-hydroxylation sites is 2. The lowest BCUT2D eigenvalue weighted by atomic mass is 10.1. The number of esters is 1. The van der Waals surface area contributed by atoms with Crippen molar-refractivity contribution < 1.29 is 28.6 Å². The van der Waals surface area contributed by atoms with Crippen molar-refractivity contribution in [3.63, 3.8) is 0 Å². The van der Waals surface area contributed by atoms with Gasteiger partial charge in [0.15, 0.2) is 13.2 Å². The number of hydrogen-bond acceptors (Lipinski definition) is 6. The number of nitrogens with two attached hydrogens (primary N) is 1. The third kappa shape index (κ3) is 4.81. The fourth-order valence-corrected chi connectivity index (χ4v) is 2.07. The van der Waals surface area contributed by atoms with Gasteiger partial charge in [-0.25, -0.2) is 4.79 Å². The molecule has 0 aliphatic rings. The predicted octanol–water partition coefficient (Wildman–Crippen LogP) is 1.60. The molecule has 25 heavy (non-hydrogen) atoms. The Morgan fingerprint density at radius 3 is 2.12 bits per heavy atom. The van der Waals surface area contributed by atoms with Gasteiger partial charge in [0.25, 0.3) is 5.91 Å². The summed E-state index contributed by atoms with van der Waals surface area (Å²) < 4.78 is 15.2. The van der Waals surface area contributed by atoms with Crippen LogP contribution in [0.3, 0.4) is 0 Å². The number of primary amides is 1. The van der Waals surface area contributed by atoms with Gasteiger partial charge in [-0.15, -0.1) is 0 Å². The van der Waals surface area contributed by atoms with Gasteiger partial charge in [-0.05, 0) is 24.3 Å². The van der Waals surface area contributed by atoms with E-state index in [1.807, 2.05) is 0 Å². The lowest BCUT2D eigenvalue weighted by Gasteiger charge is -2.10. The van der Waals surface area contributed by atoms with Crippen molar-refractivity contribution in [1.29, 1.82) is 0 Å². The lowest BCUT2D eigenvalue weighted by Crippen LogP contribution is -2.21. The average Bonchev–Trinajstić information content (AvgIpc) is 2.64. The SMILES string of the molecule is COc1ccccc1C(=O)COC(=O)COc1ccccc1C(N)=O. The Morgan fingerprint density at radius 2 is 1.48 bits per heavy atom. The Balaban J connectivity index is 1.89. The van der Waals surface area contributed by atoms with Crippen molar-refractivity contribution >= 4 is 17.7 Å². The Morgan fingerprint density at radius 1 is 0.880 bits per heavy atom. The quantitative estimate of drug-likeness (QED) is 0.576. The molecule has 0 heterocycles. The van der Waals surface area contributed by atoms with Gasteiger partial charge in [-0.2, -0.15) is 0 Å². The zero-order valence-electron chi connectivity index (χ0n) is 13.6. The number of carbonyl (C=O) groups is 3. The maximum Gasteiger partial charge on any atom is 0.344 e. The van der Waals surface area contributed by atoms with E-state index in [0.29, 0.717) is 11.3 Å². The van der Waals surface area contributed by atoms with E-state index in [2.05, 4.69) is 0 Å². The van der Waals surface area contributed by atoms with E-state index in [1.165, 1.54) is 19.2 Å². The number of amides is 1. The Kier molecular flexibility index (Phi) is 6.11. The van der Waals surface area contributed by atoms with E-state index < -0.39 is 30.9 Å². The molecule has 0 aromatic heterocycles. The van der Waals surface area contributed by atoms with Gasteiger partial charge in [-0.1, -0.05) is 24.3 Å². The van der Waals surface area contributed by atoms with Crippen molar-refractivity contribution in [3.8, 4) is 11.5 Å². The summed E-state index contributed by atoms with van der Waals surface area (Å²) in [6.07, 6.45) is 0. The first-order valence-corrected chi connectivity index (χ1v) is 7.36. The minimum atomic E-state index is -0.748. The fourth-order valence-electron chi connectivity index (χ4n) is 2.07. The molecule has 7 nitrogen and oxygen atoms in total. The molecule has 2 N–H and O–H groups in total. The standard InChI is InChI=1S/C18H17NO6/c1-23-15-8-4-2-6-12(15)14(20)10-25-17(21)11-24-16-9-5-3-7-13(16)18(19)22/h2-9H,10-11H2,1H3,(H2,19,22). The summed E-state index contributed by atoms with van der Waals surface area (Å²) in [5, 5.41) is 0. The first-order valence-electron chi connectivity index (χ1n) is 7.36. The topological polar surface area (TPSA) is 105 Å². The third-order valence-electron chi connectivity index (χ3n) is 3.27. The van der Waals surface area contributed by atoms with Crippen LogP contribution in [0.2, 0.25) is 0 Å². The van der Waals surface area contributed by atoms with Crippen LogP contribution in [0, 0.1) is 0 Å². The van der Waals surface area contributed by atoms with Crippen molar-refractivity contribution in [3.05, 3.63) is 59.7 Å². The number of hydrogen-bond donors (Lipinski definition) is 1. The molecular weight excluding hydrogens is 326 g/mol. The van der Waals surface area contributed by atoms with E-state index in [1.54, 1.807) is 36.4 Å². The maximum atomic E-state index is 12.1. The normalized spacial score (nSPS) is 9.96. The van der Waals surface area contributed by atoms with E-state index in [4.69, 9.17) is 19.9 Å². The van der Waals surface area contributed by atoms with Gasteiger partial charge in [0.2, 0.25) is 5.78 Å². The Hall–Kier alpha value is -3.35. The van der Waals surface area contributed by atoms with Crippen LogP contribution in [0.15, 0.2) is 48.5 Å². The lowest BCUT2D eigenvalue weighted by molar-refractivity contribution is -0.144. The highest BCUT2D eigenvalue weighted by Crippen LogP contribution is 2.18. The number of Topliss-reactive ketones (excluding diaryl/α,β-unsaturated/α-hetero) is 1. The Bertz CT molecular complexity index is 787. The number of rotatable bonds is 8. The second-order valence-corrected chi connectivity index (χ2v) is 4.93. The summed E-state index contributed by atoms with van der Waals surface area (Å²) in [6, 6.07) is 12.9. The Labute approximate surface area is 144 Å². The summed E-state index contributed by atoms with van der Waals surface area (Å²) in [5.41, 5.74) is 5.69. The van der Waals surface area contributed by atoms with Gasteiger partial charge in [0.1, 0.15) is 11.5 Å². The highest BCUT2D eigenvalue weighted by Gasteiger charge is 2.15. The molecule has 0 saturated heterocycles. The fraction of sp³-hybridized carbons (Fsp3) is 0.167. The van der Waals surface area contributed by atoms with Gasteiger partial charge >= 0.3 is 5.97 Å². The molecule has 0 bridgehead atoms. The molecule has 0 fully saturated rings. The number of ketones is 1. The first kappa shape index (κ1) is 18.0. The molecule has 0 aliphatic heterocycles. The number of carbonyl (C=O) groups excluding carboxylic acids is 3. The second kappa shape index (κ2) is 8.49. The van der Waals surface area contributed by atoms with Crippen LogP contribution in [0.25, 0.3) is 0 Å². The largest absolute Gasteiger partial charge is 0.496 e. The monoisotopic (exact) mass is 343 g/mol. The summed E-state index contributed by atoms with van der Waals surface area (Å²) >= 11 is 0. The van der Waals surface area contributed by atoms with Crippen LogP contribution in [0.4, 0.5) is 0 Å². The summed E-state index contributed by atoms with van der Waals surface area (Å²) in [5.74, 6) is -1.25. The molecule has 0 aliphatic carbocycles. The molecule has 2 aromatic carbocycles. The van der Waals surface area contributed by atoms with Crippen LogP contribution in [0.1, 0.15) is 20.7 Å². The molecule has 0 spiro atoms. The maximum absolute atomic E-state index is 12.1. The van der Waals surface area contributed by atoms with E-state index >= 15 is 0 Å². The van der Waals surface area contributed by atoms with Crippen molar-refractivity contribution in [2.75, 3.05) is 20.3 Å². The van der Waals surface area contributed by atoms with Crippen LogP contribution in [-0.2, 0) is 9.53 Å². The molecule has 2 aromatic rings. The molecule has 0 saturated carbocycles. The second-order valence-electron chi connectivity index (χ2n) is 4.93. The molecule has 0 radical (unpaired) electrons. The number of ether oxygens (including phenoxy) is 3. The van der Waals surface area contributed by atoms with Crippen LogP contribution < -0.4 is 15.2 Å². The summed E-state index contributed by atoms with van der Waals surface area (Å²) in [6.45, 7) is -0.899. The van der Waals surface area contributed by atoms with Crippen LogP contribution in [0.5, 0.6) is 11.5 Å². The molecular formula is C18H17NO6. The van der Waals surface area contributed by atoms with Crippen molar-refractivity contribution in [2.24, 2.45) is 5.73 Å². The molecule has 0 atom stereocenters.